The minimum atomic E-state index is -0.263. The van der Waals surface area contributed by atoms with E-state index in [4.69, 9.17) is 0 Å². The van der Waals surface area contributed by atoms with Crippen molar-refractivity contribution in [1.82, 2.24) is 20.2 Å². The first-order chi connectivity index (χ1) is 9.20. The number of halogens is 1. The molecule has 0 aliphatic rings. The molecule has 5 nitrogen and oxygen atoms in total. The molecule has 0 bridgehead atoms. The summed E-state index contributed by atoms with van der Waals surface area (Å²) < 4.78 is 15.2. The molecule has 1 aromatic heterocycles. The fraction of sp³-hybridized carbons (Fsp3) is 0.462. The molecule has 1 unspecified atom stereocenters. The van der Waals surface area contributed by atoms with Crippen LogP contribution in [0.25, 0.3) is 5.69 Å². The van der Waals surface area contributed by atoms with E-state index in [-0.39, 0.29) is 5.82 Å². The number of rotatable bonds is 6. The lowest BCUT2D eigenvalue weighted by Crippen LogP contribution is -2.12. The van der Waals surface area contributed by atoms with Gasteiger partial charge < -0.3 is 5.32 Å². The van der Waals surface area contributed by atoms with Gasteiger partial charge in [-0.25, -0.2) is 9.07 Å². The van der Waals surface area contributed by atoms with E-state index in [1.807, 2.05) is 0 Å². The zero-order valence-electron chi connectivity index (χ0n) is 11.2. The highest BCUT2D eigenvalue weighted by atomic mass is 19.1. The number of hydrogen-bond donors (Lipinski definition) is 1. The topological polar surface area (TPSA) is 55.6 Å². The van der Waals surface area contributed by atoms with Crippen LogP contribution < -0.4 is 5.32 Å². The third-order valence-electron chi connectivity index (χ3n) is 2.99. The quantitative estimate of drug-likeness (QED) is 0.870. The van der Waals surface area contributed by atoms with E-state index in [1.54, 1.807) is 12.1 Å². The van der Waals surface area contributed by atoms with Gasteiger partial charge in [0.05, 0.1) is 11.4 Å². The van der Waals surface area contributed by atoms with Gasteiger partial charge in [-0.3, -0.25) is 0 Å². The number of benzene rings is 1. The zero-order chi connectivity index (χ0) is 13.7. The number of nitrogens with one attached hydrogen (secondary N) is 1. The van der Waals surface area contributed by atoms with Crippen LogP contribution in [0.3, 0.4) is 0 Å². The van der Waals surface area contributed by atoms with E-state index < -0.39 is 0 Å². The predicted molar refractivity (Wildman–Crippen MR) is 71.7 cm³/mol. The summed E-state index contributed by atoms with van der Waals surface area (Å²) in [6.45, 7) is 5.05. The molecular formula is C13H18FN5. The van der Waals surface area contributed by atoms with Crippen molar-refractivity contribution in [1.29, 1.82) is 0 Å². The fourth-order valence-corrected chi connectivity index (χ4v) is 1.95. The largest absolute Gasteiger partial charge is 0.382 e. The van der Waals surface area contributed by atoms with Gasteiger partial charge in [0.2, 0.25) is 0 Å². The molecule has 2 rings (SSSR count). The molecule has 0 saturated heterocycles. The highest BCUT2D eigenvalue weighted by Crippen LogP contribution is 2.19. The van der Waals surface area contributed by atoms with Crippen LogP contribution in [0, 0.1) is 11.7 Å². The minimum absolute atomic E-state index is 0.263. The highest BCUT2D eigenvalue weighted by Gasteiger charge is 2.07. The average molecular weight is 263 g/mol. The molecule has 1 heterocycles. The Morgan fingerprint density at radius 2 is 2.26 bits per heavy atom. The molecule has 1 atom stereocenters. The van der Waals surface area contributed by atoms with E-state index in [1.165, 1.54) is 17.1 Å². The molecule has 0 aliphatic heterocycles. The maximum Gasteiger partial charge on any atom is 0.146 e. The molecule has 0 aliphatic carbocycles. The monoisotopic (exact) mass is 263 g/mol. The molecule has 0 radical (unpaired) electrons. The van der Waals surface area contributed by atoms with Gasteiger partial charge in [0.1, 0.15) is 12.1 Å². The second kappa shape index (κ2) is 6.26. The van der Waals surface area contributed by atoms with Crippen molar-refractivity contribution in [3.8, 4) is 5.69 Å². The Bertz CT molecular complexity index is 512. The fourth-order valence-electron chi connectivity index (χ4n) is 1.95. The lowest BCUT2D eigenvalue weighted by molar-refractivity contribution is 0.547. The van der Waals surface area contributed by atoms with Crippen molar-refractivity contribution in [2.45, 2.75) is 26.7 Å². The lowest BCUT2D eigenvalue weighted by Gasteiger charge is -2.13. The number of aromatic nitrogens is 4. The Labute approximate surface area is 111 Å². The molecular weight excluding hydrogens is 245 g/mol. The van der Waals surface area contributed by atoms with Crippen LogP contribution in [-0.2, 0) is 0 Å². The van der Waals surface area contributed by atoms with Gasteiger partial charge in [-0.05, 0) is 41.0 Å². The standard InChI is InChI=1S/C13H18FN5/c1-3-4-10(2)8-15-13-7-11(5-6-12(13)14)19-9-16-17-18-19/h5-7,9-10,15H,3-4,8H2,1-2H3. The van der Waals surface area contributed by atoms with E-state index in [2.05, 4.69) is 34.7 Å². The van der Waals surface area contributed by atoms with E-state index in [0.29, 0.717) is 11.6 Å². The summed E-state index contributed by atoms with van der Waals surface area (Å²) in [4.78, 5) is 0. The second-order valence-corrected chi connectivity index (χ2v) is 4.69. The van der Waals surface area contributed by atoms with Crippen molar-refractivity contribution >= 4 is 5.69 Å². The maximum atomic E-state index is 13.7. The van der Waals surface area contributed by atoms with Crippen LogP contribution in [0.15, 0.2) is 24.5 Å². The highest BCUT2D eigenvalue weighted by molar-refractivity contribution is 5.52. The summed E-state index contributed by atoms with van der Waals surface area (Å²) in [6.07, 6.45) is 3.74. The van der Waals surface area contributed by atoms with Crippen LogP contribution in [0.1, 0.15) is 26.7 Å². The SMILES string of the molecule is CCCC(C)CNc1cc(-n2cnnn2)ccc1F. The summed E-state index contributed by atoms with van der Waals surface area (Å²) in [5.74, 6) is 0.251. The summed E-state index contributed by atoms with van der Waals surface area (Å²) in [6, 6.07) is 4.78. The van der Waals surface area contributed by atoms with Crippen LogP contribution >= 0.6 is 0 Å². The number of nitrogens with zero attached hydrogens (tertiary/aromatic N) is 4. The van der Waals surface area contributed by atoms with Gasteiger partial charge in [0, 0.05) is 6.54 Å². The molecule has 1 aromatic carbocycles. The lowest BCUT2D eigenvalue weighted by atomic mass is 10.1. The molecule has 102 valence electrons. The Morgan fingerprint density at radius 3 is 2.95 bits per heavy atom. The van der Waals surface area contributed by atoms with Crippen LogP contribution in [0.4, 0.5) is 10.1 Å². The normalized spacial score (nSPS) is 12.4. The van der Waals surface area contributed by atoms with Crippen LogP contribution in [0.2, 0.25) is 0 Å². The smallest absolute Gasteiger partial charge is 0.146 e. The third-order valence-corrected chi connectivity index (χ3v) is 2.99. The molecule has 0 spiro atoms. The van der Waals surface area contributed by atoms with Crippen molar-refractivity contribution in [2.75, 3.05) is 11.9 Å². The Morgan fingerprint density at radius 1 is 1.42 bits per heavy atom. The van der Waals surface area contributed by atoms with Crippen molar-refractivity contribution in [3.63, 3.8) is 0 Å². The molecule has 19 heavy (non-hydrogen) atoms. The minimum Gasteiger partial charge on any atom is -0.382 e. The molecule has 0 saturated carbocycles. The van der Waals surface area contributed by atoms with Gasteiger partial charge in [-0.2, -0.15) is 0 Å². The van der Waals surface area contributed by atoms with Gasteiger partial charge in [-0.1, -0.05) is 20.3 Å². The third kappa shape index (κ3) is 3.49. The van der Waals surface area contributed by atoms with Crippen LogP contribution in [-0.4, -0.2) is 26.8 Å². The van der Waals surface area contributed by atoms with E-state index >= 15 is 0 Å². The summed E-state index contributed by atoms with van der Waals surface area (Å²) in [5, 5.41) is 14.1. The zero-order valence-corrected chi connectivity index (χ0v) is 11.2. The molecule has 6 heteroatoms. The maximum absolute atomic E-state index is 13.7. The Hall–Kier alpha value is -1.98. The number of tetrazole rings is 1. The van der Waals surface area contributed by atoms with Gasteiger partial charge >= 0.3 is 0 Å². The first-order valence-corrected chi connectivity index (χ1v) is 6.47. The first kappa shape index (κ1) is 13.5. The van der Waals surface area contributed by atoms with Gasteiger partial charge in [0.25, 0.3) is 0 Å². The van der Waals surface area contributed by atoms with Gasteiger partial charge in [0.15, 0.2) is 0 Å². The summed E-state index contributed by atoms with van der Waals surface area (Å²) in [7, 11) is 0. The Balaban J connectivity index is 2.09. The summed E-state index contributed by atoms with van der Waals surface area (Å²) in [5.41, 5.74) is 1.22. The molecule has 0 fully saturated rings. The molecule has 2 aromatic rings. The Kier molecular flexibility index (Phi) is 4.43. The second-order valence-electron chi connectivity index (χ2n) is 4.69. The molecule has 0 amide bonds. The number of anilines is 1. The van der Waals surface area contributed by atoms with E-state index in [9.17, 15) is 4.39 Å². The number of hydrogen-bond acceptors (Lipinski definition) is 4. The first-order valence-electron chi connectivity index (χ1n) is 6.47. The predicted octanol–water partition coefficient (Wildman–Crippen LogP) is 2.65. The van der Waals surface area contributed by atoms with Crippen molar-refractivity contribution < 1.29 is 4.39 Å². The van der Waals surface area contributed by atoms with Crippen molar-refractivity contribution in [3.05, 3.63) is 30.3 Å². The van der Waals surface area contributed by atoms with Crippen molar-refractivity contribution in [2.24, 2.45) is 5.92 Å². The molecule has 1 N–H and O–H groups in total. The van der Waals surface area contributed by atoms with E-state index in [0.717, 1.165) is 25.1 Å². The average Bonchev–Trinajstić information content (AvgIpc) is 2.92. The summed E-state index contributed by atoms with van der Waals surface area (Å²) >= 11 is 0. The van der Waals surface area contributed by atoms with Crippen LogP contribution in [0.5, 0.6) is 0 Å². The van der Waals surface area contributed by atoms with Gasteiger partial charge in [-0.15, -0.1) is 5.10 Å².